The Morgan fingerprint density at radius 3 is 1.28 bits per heavy atom. The standard InChI is InChI=1S/3C4H9.C2H6O.C2H3.Sn/c3*1-3-4-2;1-2-3;1-2;/h3*1,3-4H2,2H3;3H,2H2,1H3;1H,2H2;. The normalized spacial score (nSPS) is 10.7. The van der Waals surface area contributed by atoms with Crippen LogP contribution in [0.5, 0.6) is 0 Å². The first-order valence-corrected chi connectivity index (χ1v) is 15.6. The van der Waals surface area contributed by atoms with E-state index in [1.165, 1.54) is 38.5 Å². The van der Waals surface area contributed by atoms with Gasteiger partial charge < -0.3 is 5.11 Å². The zero-order valence-electron chi connectivity index (χ0n) is 13.3. The first kappa shape index (κ1) is 20.8. The van der Waals surface area contributed by atoms with E-state index in [-0.39, 0.29) is 6.61 Å². The summed E-state index contributed by atoms with van der Waals surface area (Å²) in [5.74, 6) is 0. The van der Waals surface area contributed by atoms with Gasteiger partial charge in [-0.25, -0.2) is 0 Å². The van der Waals surface area contributed by atoms with E-state index in [0.717, 1.165) is 0 Å². The van der Waals surface area contributed by atoms with Crippen LogP contribution in [0.3, 0.4) is 0 Å². The molecular weight excluding hydrogens is 327 g/mol. The van der Waals surface area contributed by atoms with Crippen LogP contribution < -0.4 is 0 Å². The Bertz CT molecular complexity index is 147. The third-order valence-electron chi connectivity index (χ3n) is 3.52. The maximum absolute atomic E-state index is 7.57. The predicted octanol–water partition coefficient (Wildman–Crippen LogP) is 5.56. The van der Waals surface area contributed by atoms with Crippen molar-refractivity contribution >= 4 is 18.4 Å². The zero-order valence-corrected chi connectivity index (χ0v) is 16.2. The van der Waals surface area contributed by atoms with Gasteiger partial charge in [-0.15, -0.1) is 0 Å². The Kier molecular flexibility index (Phi) is 18.0. The molecule has 0 aliphatic heterocycles. The smallest absolute Gasteiger partial charge is 0.0402 e. The van der Waals surface area contributed by atoms with Crippen LogP contribution in [0.1, 0.15) is 66.2 Å². The molecule has 18 heavy (non-hydrogen) atoms. The van der Waals surface area contributed by atoms with Crippen LogP contribution in [0.2, 0.25) is 13.3 Å². The summed E-state index contributed by atoms with van der Waals surface area (Å²) in [6, 6.07) is 0. The molecule has 110 valence electrons. The molecule has 0 heterocycles. The molecular formula is C16H36OSn. The first-order valence-electron chi connectivity index (χ1n) is 7.90. The minimum absolute atomic E-state index is 0.250. The quantitative estimate of drug-likeness (QED) is 0.504. The molecule has 0 aliphatic rings. The van der Waals surface area contributed by atoms with Gasteiger partial charge in [-0.05, 0) is 6.92 Å². The Morgan fingerprint density at radius 1 is 0.833 bits per heavy atom. The maximum atomic E-state index is 7.57. The molecule has 2 heteroatoms. The third-order valence-corrected chi connectivity index (χ3v) is 17.5. The van der Waals surface area contributed by atoms with E-state index >= 15 is 0 Å². The Balaban J connectivity index is 0. The summed E-state index contributed by atoms with van der Waals surface area (Å²) in [7, 11) is 0. The number of rotatable bonds is 10. The molecule has 0 aromatic heterocycles. The molecule has 1 N–H and O–H groups in total. The molecule has 0 bridgehead atoms. The largest absolute Gasteiger partial charge is 0.397 e. The van der Waals surface area contributed by atoms with Crippen LogP contribution in [0, 0.1) is 0 Å². The summed E-state index contributed by atoms with van der Waals surface area (Å²) < 4.78 is 7.16. The predicted molar refractivity (Wildman–Crippen MR) is 87.9 cm³/mol. The van der Waals surface area contributed by atoms with E-state index in [1.54, 1.807) is 20.2 Å². The molecule has 1 nitrogen and oxygen atoms in total. The fourth-order valence-corrected chi connectivity index (χ4v) is 15.2. The molecule has 0 saturated heterocycles. The minimum atomic E-state index is -1.85. The van der Waals surface area contributed by atoms with E-state index < -0.39 is 18.4 Å². The Hall–Kier alpha value is 0.499. The average molecular weight is 363 g/mol. The van der Waals surface area contributed by atoms with Crippen molar-refractivity contribution in [3.05, 3.63) is 10.7 Å². The molecule has 0 fully saturated rings. The molecule has 0 aromatic carbocycles. The Morgan fingerprint density at radius 2 is 1.11 bits per heavy atom. The summed E-state index contributed by atoms with van der Waals surface area (Å²) in [5.41, 5.74) is 0. The van der Waals surface area contributed by atoms with Crippen molar-refractivity contribution < 1.29 is 5.11 Å². The summed E-state index contributed by atoms with van der Waals surface area (Å²) >= 11 is -1.85. The van der Waals surface area contributed by atoms with Gasteiger partial charge in [-0.3, -0.25) is 0 Å². The molecule has 0 rings (SSSR count). The molecule has 0 aromatic rings. The van der Waals surface area contributed by atoms with Gasteiger partial charge in [0.15, 0.2) is 0 Å². The third kappa shape index (κ3) is 11.6. The topological polar surface area (TPSA) is 20.2 Å². The van der Waals surface area contributed by atoms with E-state index in [9.17, 15) is 0 Å². The number of aliphatic hydroxyl groups excluding tert-OH is 1. The monoisotopic (exact) mass is 364 g/mol. The van der Waals surface area contributed by atoms with Gasteiger partial charge in [0.25, 0.3) is 0 Å². The number of hydrogen-bond donors (Lipinski definition) is 1. The van der Waals surface area contributed by atoms with Crippen molar-refractivity contribution in [3.63, 3.8) is 0 Å². The van der Waals surface area contributed by atoms with Gasteiger partial charge in [-0.1, -0.05) is 0 Å². The van der Waals surface area contributed by atoms with Crippen molar-refractivity contribution in [3.8, 4) is 0 Å². The van der Waals surface area contributed by atoms with Crippen molar-refractivity contribution in [1.82, 2.24) is 0 Å². The second-order valence-corrected chi connectivity index (χ2v) is 18.4. The fraction of sp³-hybridized carbons (Fsp3) is 0.875. The fourth-order valence-electron chi connectivity index (χ4n) is 2.27. The Labute approximate surface area is 120 Å². The van der Waals surface area contributed by atoms with Crippen LogP contribution >= 0.6 is 0 Å². The molecule has 0 aliphatic carbocycles. The SMILES string of the molecule is C=[CH][Sn]([CH2]CCC)([CH2]CCC)[CH2]CCC.CCO. The van der Waals surface area contributed by atoms with Crippen LogP contribution in [0.15, 0.2) is 10.7 Å². The van der Waals surface area contributed by atoms with Gasteiger partial charge in [0.1, 0.15) is 0 Å². The van der Waals surface area contributed by atoms with Gasteiger partial charge in [0.05, 0.1) is 0 Å². The summed E-state index contributed by atoms with van der Waals surface area (Å²) in [6.45, 7) is 13.1. The van der Waals surface area contributed by atoms with Gasteiger partial charge in [0.2, 0.25) is 0 Å². The van der Waals surface area contributed by atoms with E-state index in [4.69, 9.17) is 5.11 Å². The van der Waals surface area contributed by atoms with Crippen LogP contribution in [0.4, 0.5) is 0 Å². The zero-order chi connectivity index (χ0) is 14.3. The van der Waals surface area contributed by atoms with Crippen molar-refractivity contribution in [2.24, 2.45) is 0 Å². The molecule has 0 amide bonds. The van der Waals surface area contributed by atoms with Crippen molar-refractivity contribution in [1.29, 1.82) is 0 Å². The molecule has 0 spiro atoms. The molecule has 0 atom stereocenters. The summed E-state index contributed by atoms with van der Waals surface area (Å²) in [4.78, 5) is 0. The van der Waals surface area contributed by atoms with Crippen LogP contribution in [-0.2, 0) is 0 Å². The van der Waals surface area contributed by atoms with E-state index in [2.05, 4.69) is 31.4 Å². The summed E-state index contributed by atoms with van der Waals surface area (Å²) in [5, 5.41) is 7.57. The molecule has 0 radical (unpaired) electrons. The number of aliphatic hydroxyl groups is 1. The first-order chi connectivity index (χ1) is 8.66. The second kappa shape index (κ2) is 15.6. The van der Waals surface area contributed by atoms with Gasteiger partial charge in [0, 0.05) is 6.61 Å². The van der Waals surface area contributed by atoms with E-state index in [0.29, 0.717) is 0 Å². The van der Waals surface area contributed by atoms with Crippen LogP contribution in [0.25, 0.3) is 0 Å². The molecule has 0 unspecified atom stereocenters. The van der Waals surface area contributed by atoms with Crippen molar-refractivity contribution in [2.75, 3.05) is 6.61 Å². The number of unbranched alkanes of at least 4 members (excludes halogenated alkanes) is 3. The number of hydrogen-bond acceptors (Lipinski definition) is 1. The van der Waals surface area contributed by atoms with Crippen molar-refractivity contribution in [2.45, 2.75) is 79.5 Å². The van der Waals surface area contributed by atoms with Gasteiger partial charge in [-0.2, -0.15) is 0 Å². The minimum Gasteiger partial charge on any atom is -0.397 e. The van der Waals surface area contributed by atoms with Gasteiger partial charge >= 0.3 is 102 Å². The maximum Gasteiger partial charge on any atom is 0.0402 e. The van der Waals surface area contributed by atoms with E-state index in [1.807, 2.05) is 0 Å². The molecule has 0 saturated carbocycles. The summed E-state index contributed by atoms with van der Waals surface area (Å²) in [6.07, 6.45) is 8.46. The van der Waals surface area contributed by atoms with Crippen LogP contribution in [-0.4, -0.2) is 30.1 Å². The second-order valence-electron chi connectivity index (χ2n) is 5.19. The average Bonchev–Trinajstić information content (AvgIpc) is 2.39.